The number of hydrogen-bond donors (Lipinski definition) is 0. The maximum atomic E-state index is 12.9. The number of carbonyl (C=O) groups is 2. The number of Topliss-reactive ketones (excluding diaryl/α,β-unsaturated/α-hetero) is 1. The molecule has 0 N–H and O–H groups in total. The second kappa shape index (κ2) is 9.38. The molecule has 0 fully saturated rings. The molecule has 0 bridgehead atoms. The fourth-order valence-corrected chi connectivity index (χ4v) is 3.91. The van der Waals surface area contributed by atoms with Crippen molar-refractivity contribution in [3.05, 3.63) is 46.5 Å². The molecule has 172 valence electrons. The van der Waals surface area contributed by atoms with Crippen LogP contribution >= 0.6 is 11.6 Å². The molecule has 8 nitrogen and oxygen atoms in total. The monoisotopic (exact) mass is 482 g/mol. The highest BCUT2D eigenvalue weighted by Crippen LogP contribution is 2.43. The molecular weight excluding hydrogens is 460 g/mol. The number of ether oxygens (including phenoxy) is 3. The molecule has 0 aromatic heterocycles. The van der Waals surface area contributed by atoms with E-state index in [2.05, 4.69) is 0 Å². The average molecular weight is 483 g/mol. The summed E-state index contributed by atoms with van der Waals surface area (Å²) in [6.45, 7) is 5.33. The van der Waals surface area contributed by atoms with Crippen molar-refractivity contribution in [3.8, 4) is 23.0 Å². The van der Waals surface area contributed by atoms with Crippen LogP contribution in [0.4, 0.5) is 0 Å². The highest BCUT2D eigenvalue weighted by molar-refractivity contribution is 7.88. The van der Waals surface area contributed by atoms with Gasteiger partial charge in [-0.1, -0.05) is 13.8 Å². The average Bonchev–Trinajstić information content (AvgIpc) is 2.71. The molecular formula is C22H23ClO8S. The summed E-state index contributed by atoms with van der Waals surface area (Å²) in [5.74, 6) is -0.793. The van der Waals surface area contributed by atoms with Crippen molar-refractivity contribution in [2.45, 2.75) is 33.8 Å². The van der Waals surface area contributed by atoms with Gasteiger partial charge in [0.2, 0.25) is 0 Å². The number of fused-ring (bicyclic) bond motifs is 2. The van der Waals surface area contributed by atoms with Gasteiger partial charge < -0.3 is 18.4 Å². The minimum atomic E-state index is -4.07. The zero-order valence-electron chi connectivity index (χ0n) is 18.1. The summed E-state index contributed by atoms with van der Waals surface area (Å²) in [5.41, 5.74) is 1.23. The highest BCUT2D eigenvalue weighted by atomic mass is 35.5. The largest absolute Gasteiger partial charge is 0.495 e. The van der Waals surface area contributed by atoms with Gasteiger partial charge >= 0.3 is 16.1 Å². The summed E-state index contributed by atoms with van der Waals surface area (Å²) in [7, 11) is -2.73. The van der Waals surface area contributed by atoms with Crippen LogP contribution in [-0.4, -0.2) is 32.5 Å². The van der Waals surface area contributed by atoms with Crippen molar-refractivity contribution >= 4 is 33.5 Å². The molecule has 0 spiro atoms. The van der Waals surface area contributed by atoms with E-state index in [-0.39, 0.29) is 58.9 Å². The molecule has 1 aliphatic rings. The first-order valence-corrected chi connectivity index (χ1v) is 11.9. The Labute approximate surface area is 191 Å². The van der Waals surface area contributed by atoms with E-state index in [4.69, 9.17) is 30.0 Å². The number of benzene rings is 2. The minimum absolute atomic E-state index is 0.0320. The molecule has 2 aromatic rings. The van der Waals surface area contributed by atoms with Crippen LogP contribution < -0.4 is 13.7 Å². The molecule has 0 saturated carbocycles. The van der Waals surface area contributed by atoms with Crippen LogP contribution in [0.1, 0.15) is 52.1 Å². The molecule has 32 heavy (non-hydrogen) atoms. The number of carbonyl (C=O) groups excluding carboxylic acids is 2. The summed E-state index contributed by atoms with van der Waals surface area (Å²) < 4.78 is 45.9. The van der Waals surface area contributed by atoms with E-state index in [0.29, 0.717) is 11.1 Å². The minimum Gasteiger partial charge on any atom is -0.495 e. The molecule has 0 radical (unpaired) electrons. The summed E-state index contributed by atoms with van der Waals surface area (Å²) in [4.78, 5) is 25.5. The summed E-state index contributed by atoms with van der Waals surface area (Å²) in [6, 6.07) is 6.11. The number of ketones is 1. The third kappa shape index (κ3) is 4.99. The first-order valence-electron chi connectivity index (χ1n) is 9.77. The maximum absolute atomic E-state index is 12.9. The Morgan fingerprint density at radius 2 is 1.97 bits per heavy atom. The van der Waals surface area contributed by atoms with Gasteiger partial charge in [-0.25, -0.2) is 4.79 Å². The highest BCUT2D eigenvalue weighted by Gasteiger charge is 2.30. The van der Waals surface area contributed by atoms with Crippen LogP contribution in [0.25, 0.3) is 0 Å². The van der Waals surface area contributed by atoms with Gasteiger partial charge in [-0.05, 0) is 42.7 Å². The van der Waals surface area contributed by atoms with Crippen molar-refractivity contribution in [2.24, 2.45) is 5.92 Å². The third-order valence-corrected chi connectivity index (χ3v) is 6.12. The third-order valence-electron chi connectivity index (χ3n) is 4.62. The molecule has 0 saturated heterocycles. The van der Waals surface area contributed by atoms with Crippen molar-refractivity contribution in [2.75, 3.05) is 12.3 Å². The van der Waals surface area contributed by atoms with E-state index in [1.165, 1.54) is 25.3 Å². The van der Waals surface area contributed by atoms with Crippen LogP contribution in [0.2, 0.25) is 0 Å². The molecule has 0 atom stereocenters. The van der Waals surface area contributed by atoms with Crippen molar-refractivity contribution in [1.29, 1.82) is 0 Å². The second-order valence-corrected chi connectivity index (χ2v) is 9.88. The number of cyclic esters (lactones) is 1. The smallest absolute Gasteiger partial charge is 0.346 e. The second-order valence-electron chi connectivity index (χ2n) is 7.72. The topological polar surface area (TPSA) is 105 Å². The summed E-state index contributed by atoms with van der Waals surface area (Å²) in [5, 5.41) is -0.754. The molecule has 10 heteroatoms. The number of halogens is 1. The van der Waals surface area contributed by atoms with E-state index < -0.39 is 21.3 Å². The Balaban J connectivity index is 2.17. The predicted molar refractivity (Wildman–Crippen MR) is 117 cm³/mol. The zero-order valence-corrected chi connectivity index (χ0v) is 19.6. The van der Waals surface area contributed by atoms with E-state index in [1.54, 1.807) is 13.0 Å². The summed E-state index contributed by atoms with van der Waals surface area (Å²) >= 11 is 5.48. The number of rotatable bonds is 7. The fourth-order valence-electron chi connectivity index (χ4n) is 3.34. The van der Waals surface area contributed by atoms with Crippen LogP contribution in [0.5, 0.6) is 23.0 Å². The van der Waals surface area contributed by atoms with Crippen LogP contribution in [0.3, 0.4) is 0 Å². The standard InChI is InChI=1S/C22H23ClO8S/c1-12(2)7-16(24)15-5-6-17-19(21(15)28-4)22(25)29-10-14-8-13(3)9-18(20(14)30-17)31-32(26,27)11-23/h5-6,8-9,12H,7,10-11H2,1-4H3. The van der Waals surface area contributed by atoms with Gasteiger partial charge in [0.15, 0.2) is 22.5 Å². The van der Waals surface area contributed by atoms with Gasteiger partial charge in [-0.3, -0.25) is 4.79 Å². The number of esters is 1. The molecule has 1 heterocycles. The predicted octanol–water partition coefficient (Wildman–Crippen LogP) is 4.60. The number of alkyl halides is 1. The Hall–Kier alpha value is -2.78. The van der Waals surface area contributed by atoms with Gasteiger partial charge in [0.05, 0.1) is 12.7 Å². The van der Waals surface area contributed by atoms with Gasteiger partial charge in [0.1, 0.15) is 23.7 Å². The van der Waals surface area contributed by atoms with E-state index in [1.807, 2.05) is 13.8 Å². The Morgan fingerprint density at radius 1 is 1.25 bits per heavy atom. The zero-order chi connectivity index (χ0) is 23.6. The van der Waals surface area contributed by atoms with Gasteiger partial charge in [0, 0.05) is 12.0 Å². The van der Waals surface area contributed by atoms with Gasteiger partial charge in [-0.15, -0.1) is 11.6 Å². The quantitative estimate of drug-likeness (QED) is 0.244. The van der Waals surface area contributed by atoms with E-state index in [9.17, 15) is 18.0 Å². The fraction of sp³-hybridized carbons (Fsp3) is 0.364. The number of aryl methyl sites for hydroxylation is 1. The van der Waals surface area contributed by atoms with Crippen LogP contribution in [0.15, 0.2) is 24.3 Å². The Kier molecular flexibility index (Phi) is 7.00. The van der Waals surface area contributed by atoms with Crippen molar-refractivity contribution < 1.29 is 36.4 Å². The molecule has 0 unspecified atom stereocenters. The van der Waals surface area contributed by atoms with Crippen LogP contribution in [-0.2, 0) is 21.5 Å². The molecule has 1 aliphatic heterocycles. The van der Waals surface area contributed by atoms with Crippen molar-refractivity contribution in [1.82, 2.24) is 0 Å². The summed E-state index contributed by atoms with van der Waals surface area (Å²) in [6.07, 6.45) is 0.265. The Morgan fingerprint density at radius 3 is 2.59 bits per heavy atom. The maximum Gasteiger partial charge on any atom is 0.346 e. The number of methoxy groups -OCH3 is 1. The van der Waals surface area contributed by atoms with Gasteiger partial charge in [0.25, 0.3) is 0 Å². The molecule has 0 amide bonds. The van der Waals surface area contributed by atoms with Gasteiger partial charge in [-0.2, -0.15) is 8.42 Å². The SMILES string of the molecule is COc1c(C(=O)CC(C)C)ccc2c1C(=O)OCc1cc(C)cc(OS(=O)(=O)CCl)c1O2. The lowest BCUT2D eigenvalue weighted by molar-refractivity contribution is 0.0455. The normalized spacial score (nSPS) is 13.2. The lowest BCUT2D eigenvalue weighted by Crippen LogP contribution is -2.16. The first kappa shape index (κ1) is 23.9. The molecule has 0 aliphatic carbocycles. The molecule has 2 aromatic carbocycles. The Bertz CT molecular complexity index is 1170. The lowest BCUT2D eigenvalue weighted by atomic mass is 9.97. The number of hydrogen-bond acceptors (Lipinski definition) is 8. The van der Waals surface area contributed by atoms with E-state index in [0.717, 1.165) is 0 Å². The van der Waals surface area contributed by atoms with Crippen LogP contribution in [0, 0.1) is 12.8 Å². The molecule has 3 rings (SSSR count). The lowest BCUT2D eigenvalue weighted by Gasteiger charge is -2.22. The first-order chi connectivity index (χ1) is 15.1. The van der Waals surface area contributed by atoms with Crippen molar-refractivity contribution in [3.63, 3.8) is 0 Å². The van der Waals surface area contributed by atoms with E-state index >= 15 is 0 Å².